The van der Waals surface area contributed by atoms with E-state index in [1.807, 2.05) is 63.5 Å². The molecule has 0 aliphatic heterocycles. The molecule has 190 valence electrons. The summed E-state index contributed by atoms with van der Waals surface area (Å²) in [7, 11) is 0. The summed E-state index contributed by atoms with van der Waals surface area (Å²) in [5.74, 6) is 1.22. The van der Waals surface area contributed by atoms with Crippen molar-refractivity contribution >= 4 is 33.5 Å². The first kappa shape index (κ1) is 31.6. The SMILES string of the molecule is C=C.C=C(C)/C=C(/NC(=C/COc1ccc2sc(CC)cc2c1)/N=C\CC)C(=C)NC(C)=O.CC. The Labute approximate surface area is 215 Å². The average Bonchev–Trinajstić information content (AvgIpc) is 3.26. The van der Waals surface area contributed by atoms with Crippen molar-refractivity contribution in [2.75, 3.05) is 6.61 Å². The number of carbonyl (C=O) groups is 1. The van der Waals surface area contributed by atoms with Crippen LogP contribution in [0, 0.1) is 0 Å². The number of hydrogen-bond donors (Lipinski definition) is 2. The lowest BCUT2D eigenvalue weighted by atomic mass is 10.2. The largest absolute Gasteiger partial charge is 0.489 e. The minimum Gasteiger partial charge on any atom is -0.489 e. The maximum atomic E-state index is 11.4. The number of fused-ring (bicyclic) bond motifs is 1. The number of aliphatic imine (C=N–C) groups is 1. The second-order valence-electron chi connectivity index (χ2n) is 7.08. The number of rotatable bonds is 11. The van der Waals surface area contributed by atoms with E-state index in [4.69, 9.17) is 4.74 Å². The van der Waals surface area contributed by atoms with Gasteiger partial charge in [0.15, 0.2) is 0 Å². The van der Waals surface area contributed by atoms with E-state index in [9.17, 15) is 4.79 Å². The van der Waals surface area contributed by atoms with Crippen LogP contribution in [-0.2, 0) is 11.2 Å². The molecule has 0 saturated carbocycles. The zero-order valence-electron chi connectivity index (χ0n) is 22.2. The molecule has 35 heavy (non-hydrogen) atoms. The van der Waals surface area contributed by atoms with Gasteiger partial charge >= 0.3 is 0 Å². The molecule has 0 aliphatic rings. The molecule has 0 spiro atoms. The standard InChI is InChI=1S/C25H31N3O2S.C2H6.C2H4/c1-7-12-26-25(28-23(14-17(3)4)18(5)27-19(6)29)11-13-30-21-9-10-24-20(15-21)16-22(8-2)31-24;2*1-2/h9-12,14-16,28H,3,5,7-8,13H2,1-2,4,6H3,(H,27,29);1-2H3;1-2H2/b23-14+,25-11+,26-12-;;. The first-order chi connectivity index (χ1) is 16.8. The number of carbonyl (C=O) groups excluding carboxylic acids is 1. The van der Waals surface area contributed by atoms with Crippen molar-refractivity contribution in [3.63, 3.8) is 0 Å². The van der Waals surface area contributed by atoms with Gasteiger partial charge in [0.25, 0.3) is 0 Å². The fourth-order valence-electron chi connectivity index (χ4n) is 2.75. The molecule has 0 aliphatic carbocycles. The minimum absolute atomic E-state index is 0.194. The highest BCUT2D eigenvalue weighted by Gasteiger charge is 2.07. The third-order valence-electron chi connectivity index (χ3n) is 4.13. The highest BCUT2D eigenvalue weighted by atomic mass is 32.1. The van der Waals surface area contributed by atoms with Crippen molar-refractivity contribution in [1.29, 1.82) is 0 Å². The maximum Gasteiger partial charge on any atom is 0.221 e. The highest BCUT2D eigenvalue weighted by Crippen LogP contribution is 2.29. The second kappa shape index (κ2) is 18.0. The van der Waals surface area contributed by atoms with Gasteiger partial charge in [0.1, 0.15) is 18.2 Å². The van der Waals surface area contributed by atoms with Crippen LogP contribution in [0.2, 0.25) is 0 Å². The first-order valence-corrected chi connectivity index (χ1v) is 12.6. The van der Waals surface area contributed by atoms with E-state index in [1.54, 1.807) is 0 Å². The smallest absolute Gasteiger partial charge is 0.221 e. The predicted octanol–water partition coefficient (Wildman–Crippen LogP) is 7.69. The molecular formula is C29H41N3O2S. The number of allylic oxidation sites excluding steroid dienone is 2. The van der Waals surface area contributed by atoms with E-state index < -0.39 is 0 Å². The number of nitrogens with zero attached hydrogens (tertiary/aromatic N) is 1. The van der Waals surface area contributed by atoms with E-state index in [-0.39, 0.29) is 5.91 Å². The Bertz CT molecular complexity index is 1060. The number of amides is 1. The molecule has 0 bridgehead atoms. The van der Waals surface area contributed by atoms with E-state index >= 15 is 0 Å². The first-order valence-electron chi connectivity index (χ1n) is 11.8. The van der Waals surface area contributed by atoms with Gasteiger partial charge in [-0.1, -0.05) is 46.4 Å². The molecule has 0 fully saturated rings. The van der Waals surface area contributed by atoms with Gasteiger partial charge in [-0.15, -0.1) is 24.5 Å². The van der Waals surface area contributed by atoms with Crippen molar-refractivity contribution in [3.8, 4) is 5.75 Å². The van der Waals surface area contributed by atoms with E-state index in [0.29, 0.717) is 23.8 Å². The van der Waals surface area contributed by atoms with Crippen molar-refractivity contribution in [2.45, 2.75) is 54.4 Å². The van der Waals surface area contributed by atoms with Crippen LogP contribution in [0.15, 0.2) is 90.5 Å². The monoisotopic (exact) mass is 495 g/mol. The van der Waals surface area contributed by atoms with Crippen molar-refractivity contribution in [1.82, 2.24) is 10.6 Å². The second-order valence-corrected chi connectivity index (χ2v) is 8.24. The Morgan fingerprint density at radius 3 is 2.37 bits per heavy atom. The Hall–Kier alpha value is -3.38. The van der Waals surface area contributed by atoms with E-state index in [0.717, 1.165) is 24.2 Å². The van der Waals surface area contributed by atoms with Gasteiger partial charge in [-0.2, -0.15) is 0 Å². The van der Waals surface area contributed by atoms with Crippen LogP contribution in [0.5, 0.6) is 5.75 Å². The number of hydrogen-bond acceptors (Lipinski definition) is 5. The Morgan fingerprint density at radius 1 is 1.11 bits per heavy atom. The number of nitrogens with one attached hydrogen (secondary N) is 2. The van der Waals surface area contributed by atoms with Gasteiger partial charge in [-0.25, -0.2) is 4.99 Å². The topological polar surface area (TPSA) is 62.7 Å². The molecule has 2 aromatic rings. The molecule has 1 aromatic carbocycles. The van der Waals surface area contributed by atoms with Crippen molar-refractivity contribution in [3.05, 3.63) is 90.4 Å². The molecule has 0 atom stereocenters. The van der Waals surface area contributed by atoms with Crippen LogP contribution in [0.1, 0.15) is 52.8 Å². The van der Waals surface area contributed by atoms with Gasteiger partial charge in [-0.3, -0.25) is 4.79 Å². The summed E-state index contributed by atoms with van der Waals surface area (Å²) in [5.41, 5.74) is 1.89. The van der Waals surface area contributed by atoms with Crippen LogP contribution < -0.4 is 15.4 Å². The quantitative estimate of drug-likeness (QED) is 0.191. The Balaban J connectivity index is 0.00000274. The van der Waals surface area contributed by atoms with Gasteiger partial charge < -0.3 is 15.4 Å². The molecule has 6 heteroatoms. The Kier molecular flexibility index (Phi) is 16.3. The molecule has 1 aromatic heterocycles. The highest BCUT2D eigenvalue weighted by molar-refractivity contribution is 7.19. The summed E-state index contributed by atoms with van der Waals surface area (Å²) in [5, 5.41) is 7.12. The lowest BCUT2D eigenvalue weighted by molar-refractivity contribution is -0.118. The fraction of sp³-hybridized carbons (Fsp3) is 0.310. The molecule has 1 amide bonds. The summed E-state index contributed by atoms with van der Waals surface area (Å²) in [4.78, 5) is 17.3. The fourth-order valence-corrected chi connectivity index (χ4v) is 3.73. The maximum absolute atomic E-state index is 11.4. The molecule has 2 N–H and O–H groups in total. The number of ether oxygens (including phenoxy) is 1. The van der Waals surface area contributed by atoms with Crippen LogP contribution in [0.3, 0.4) is 0 Å². The normalized spacial score (nSPS) is 11.1. The summed E-state index contributed by atoms with van der Waals surface area (Å²) in [6.07, 6.45) is 7.30. The number of thiophene rings is 1. The van der Waals surface area contributed by atoms with E-state index in [2.05, 4.69) is 67.1 Å². The van der Waals surface area contributed by atoms with Gasteiger partial charge in [0.05, 0.1) is 11.4 Å². The van der Waals surface area contributed by atoms with Crippen LogP contribution in [0.4, 0.5) is 0 Å². The van der Waals surface area contributed by atoms with Gasteiger partial charge in [-0.05, 0) is 61.6 Å². The third-order valence-corrected chi connectivity index (χ3v) is 5.39. The molecular weight excluding hydrogens is 454 g/mol. The lowest BCUT2D eigenvalue weighted by Crippen LogP contribution is -2.25. The predicted molar refractivity (Wildman–Crippen MR) is 155 cm³/mol. The molecule has 1 heterocycles. The zero-order valence-corrected chi connectivity index (χ0v) is 23.0. The summed E-state index contributed by atoms with van der Waals surface area (Å²) in [6, 6.07) is 8.35. The summed E-state index contributed by atoms with van der Waals surface area (Å²) >= 11 is 1.81. The van der Waals surface area contributed by atoms with Crippen LogP contribution in [0.25, 0.3) is 10.1 Å². The summed E-state index contributed by atoms with van der Waals surface area (Å²) < 4.78 is 7.20. The van der Waals surface area contributed by atoms with Gasteiger partial charge in [0.2, 0.25) is 5.91 Å². The van der Waals surface area contributed by atoms with Crippen LogP contribution in [-0.4, -0.2) is 18.7 Å². The minimum atomic E-state index is -0.194. The third kappa shape index (κ3) is 12.1. The summed E-state index contributed by atoms with van der Waals surface area (Å²) in [6.45, 7) is 25.7. The number of benzene rings is 1. The molecule has 0 radical (unpaired) electrons. The molecule has 0 saturated heterocycles. The molecule has 2 rings (SSSR count). The molecule has 0 unspecified atom stereocenters. The van der Waals surface area contributed by atoms with Crippen molar-refractivity contribution in [2.24, 2.45) is 4.99 Å². The lowest BCUT2D eigenvalue weighted by Gasteiger charge is -2.15. The van der Waals surface area contributed by atoms with Crippen LogP contribution >= 0.6 is 11.3 Å². The van der Waals surface area contributed by atoms with Gasteiger partial charge in [0, 0.05) is 22.7 Å². The Morgan fingerprint density at radius 2 is 1.80 bits per heavy atom. The zero-order chi connectivity index (χ0) is 26.8. The van der Waals surface area contributed by atoms with Crippen molar-refractivity contribution < 1.29 is 9.53 Å². The molecule has 5 nitrogen and oxygen atoms in total. The number of aryl methyl sites for hydroxylation is 1. The van der Waals surface area contributed by atoms with E-state index in [1.165, 1.54) is 21.9 Å². The average molecular weight is 496 g/mol.